The van der Waals surface area contributed by atoms with Crippen LogP contribution in [-0.2, 0) is 4.74 Å². The maximum Gasteiger partial charge on any atom is 0.411 e. The van der Waals surface area contributed by atoms with Crippen LogP contribution in [-0.4, -0.2) is 39.8 Å². The molecule has 19 heavy (non-hydrogen) atoms. The maximum atomic E-state index is 11.9. The number of aliphatic hydroxyl groups is 1. The van der Waals surface area contributed by atoms with Gasteiger partial charge in [-0.05, 0) is 32.9 Å². The number of hydrogen-bond donors (Lipinski definition) is 1. The average molecular weight is 283 g/mol. The van der Waals surface area contributed by atoms with Gasteiger partial charge in [-0.3, -0.25) is 9.88 Å². The van der Waals surface area contributed by atoms with E-state index in [1.807, 2.05) is 12.1 Å². The van der Waals surface area contributed by atoms with Crippen LogP contribution >= 0.6 is 11.8 Å². The van der Waals surface area contributed by atoms with Crippen molar-refractivity contribution in [3.05, 3.63) is 30.4 Å². The first-order valence-electron chi connectivity index (χ1n) is 5.93. The molecule has 105 valence electrons. The second kappa shape index (κ2) is 7.35. The predicted molar refractivity (Wildman–Crippen MR) is 74.4 cm³/mol. The van der Waals surface area contributed by atoms with Gasteiger partial charge in [0, 0.05) is 23.8 Å². The number of thioether (sulfide) groups is 1. The molecule has 0 bridgehead atoms. The van der Waals surface area contributed by atoms with Gasteiger partial charge in [-0.1, -0.05) is 11.8 Å². The largest absolute Gasteiger partial charge is 0.444 e. The van der Waals surface area contributed by atoms with E-state index in [1.54, 1.807) is 39.0 Å². The van der Waals surface area contributed by atoms with E-state index in [2.05, 4.69) is 4.98 Å². The van der Waals surface area contributed by atoms with E-state index in [9.17, 15) is 4.79 Å². The third-order valence-corrected chi connectivity index (χ3v) is 2.84. The highest BCUT2D eigenvalue weighted by atomic mass is 32.2. The number of amides is 1. The molecule has 0 atom stereocenters. The average Bonchev–Trinajstić information content (AvgIpc) is 2.33. The minimum atomic E-state index is -0.556. The number of ether oxygens (including phenoxy) is 1. The molecule has 0 aromatic carbocycles. The zero-order valence-corrected chi connectivity index (χ0v) is 12.2. The molecule has 1 N–H and O–H groups in total. The lowest BCUT2D eigenvalue weighted by atomic mass is 10.2. The van der Waals surface area contributed by atoms with Crippen LogP contribution in [0.1, 0.15) is 20.8 Å². The van der Waals surface area contributed by atoms with Gasteiger partial charge in [-0.2, -0.15) is 0 Å². The number of aliphatic hydroxyl groups excluding tert-OH is 1. The van der Waals surface area contributed by atoms with E-state index >= 15 is 0 Å². The Morgan fingerprint density at radius 3 is 2.63 bits per heavy atom. The molecule has 0 saturated heterocycles. The molecule has 0 unspecified atom stereocenters. The number of carbonyl (C=O) groups excluding carboxylic acids is 1. The van der Waals surface area contributed by atoms with Gasteiger partial charge < -0.3 is 9.84 Å². The topological polar surface area (TPSA) is 62.7 Å². The molecule has 1 aromatic heterocycles. The zero-order valence-electron chi connectivity index (χ0n) is 11.4. The van der Waals surface area contributed by atoms with Gasteiger partial charge in [0.2, 0.25) is 0 Å². The standard InChI is InChI=1S/C13H19N2O3S/c1-13(2,3)18-12(17)15(8-9-16)10-19-11-4-6-14-7-5-11/h4-7,10,16H,8-9H2,1-3H3. The first-order valence-corrected chi connectivity index (χ1v) is 6.81. The van der Waals surface area contributed by atoms with Gasteiger partial charge in [0.15, 0.2) is 0 Å². The fourth-order valence-electron chi connectivity index (χ4n) is 1.16. The number of aromatic nitrogens is 1. The monoisotopic (exact) mass is 283 g/mol. The predicted octanol–water partition coefficient (Wildman–Crippen LogP) is 2.52. The number of hydrogen-bond acceptors (Lipinski definition) is 5. The second-order valence-electron chi connectivity index (χ2n) is 4.80. The summed E-state index contributed by atoms with van der Waals surface area (Å²) >= 11 is 1.37. The summed E-state index contributed by atoms with van der Waals surface area (Å²) in [6, 6.07) is 3.68. The van der Waals surface area contributed by atoms with Crippen molar-refractivity contribution < 1.29 is 14.6 Å². The molecule has 0 aliphatic rings. The van der Waals surface area contributed by atoms with Gasteiger partial charge in [0.25, 0.3) is 0 Å². The van der Waals surface area contributed by atoms with E-state index in [1.165, 1.54) is 16.7 Å². The Kier molecular flexibility index (Phi) is 6.11. The molecular formula is C13H19N2O3S. The smallest absolute Gasteiger partial charge is 0.411 e. The van der Waals surface area contributed by atoms with Crippen molar-refractivity contribution in [2.24, 2.45) is 0 Å². The van der Waals surface area contributed by atoms with Crippen molar-refractivity contribution >= 4 is 17.9 Å². The summed E-state index contributed by atoms with van der Waals surface area (Å²) in [6.45, 7) is 5.49. The number of pyridine rings is 1. The van der Waals surface area contributed by atoms with Crippen molar-refractivity contribution in [2.75, 3.05) is 13.2 Å². The molecule has 1 heterocycles. The molecule has 1 amide bonds. The van der Waals surface area contributed by atoms with Crippen LogP contribution in [0, 0.1) is 5.88 Å². The molecule has 0 fully saturated rings. The summed E-state index contributed by atoms with van der Waals surface area (Å²) in [6.07, 6.45) is 2.89. The summed E-state index contributed by atoms with van der Waals surface area (Å²) in [5.74, 6) is 1.64. The van der Waals surface area contributed by atoms with Crippen LogP contribution in [0.5, 0.6) is 0 Å². The third kappa shape index (κ3) is 6.45. The van der Waals surface area contributed by atoms with Gasteiger partial charge in [-0.15, -0.1) is 0 Å². The van der Waals surface area contributed by atoms with E-state index in [4.69, 9.17) is 9.84 Å². The highest BCUT2D eigenvalue weighted by Crippen LogP contribution is 2.22. The molecule has 0 spiro atoms. The van der Waals surface area contributed by atoms with Crippen LogP contribution in [0.3, 0.4) is 0 Å². The third-order valence-electron chi connectivity index (χ3n) is 1.93. The Morgan fingerprint density at radius 1 is 1.47 bits per heavy atom. The van der Waals surface area contributed by atoms with Gasteiger partial charge >= 0.3 is 6.09 Å². The minimum Gasteiger partial charge on any atom is -0.444 e. The Balaban J connectivity index is 2.55. The van der Waals surface area contributed by atoms with Gasteiger partial charge in [0.1, 0.15) is 11.5 Å². The Hall–Kier alpha value is -1.27. The fraction of sp³-hybridized carbons (Fsp3) is 0.462. The van der Waals surface area contributed by atoms with Gasteiger partial charge in [0.05, 0.1) is 6.61 Å². The van der Waals surface area contributed by atoms with Crippen molar-refractivity contribution in [2.45, 2.75) is 31.3 Å². The van der Waals surface area contributed by atoms with Crippen LogP contribution in [0.2, 0.25) is 0 Å². The molecule has 1 aromatic rings. The van der Waals surface area contributed by atoms with Crippen LogP contribution < -0.4 is 0 Å². The Bertz CT molecular complexity index is 393. The van der Waals surface area contributed by atoms with Crippen molar-refractivity contribution in [1.29, 1.82) is 0 Å². The molecular weight excluding hydrogens is 264 g/mol. The molecule has 6 heteroatoms. The maximum absolute atomic E-state index is 11.9. The second-order valence-corrected chi connectivity index (χ2v) is 5.72. The minimum absolute atomic E-state index is 0.118. The van der Waals surface area contributed by atoms with Gasteiger partial charge in [-0.25, -0.2) is 4.79 Å². The Morgan fingerprint density at radius 2 is 2.11 bits per heavy atom. The molecule has 1 rings (SSSR count). The van der Waals surface area contributed by atoms with Crippen molar-refractivity contribution in [3.8, 4) is 0 Å². The summed E-state index contributed by atoms with van der Waals surface area (Å²) in [5.41, 5.74) is -0.556. The molecule has 0 aliphatic carbocycles. The van der Waals surface area contributed by atoms with E-state index in [-0.39, 0.29) is 13.2 Å². The number of nitrogens with zero attached hydrogens (tertiary/aromatic N) is 2. The number of carbonyl (C=O) groups is 1. The van der Waals surface area contributed by atoms with Crippen molar-refractivity contribution in [1.82, 2.24) is 9.88 Å². The molecule has 5 nitrogen and oxygen atoms in total. The quantitative estimate of drug-likeness (QED) is 0.841. The van der Waals surface area contributed by atoms with Crippen LogP contribution in [0.4, 0.5) is 4.79 Å². The fourth-order valence-corrected chi connectivity index (χ4v) is 1.88. The lowest BCUT2D eigenvalue weighted by Crippen LogP contribution is -2.36. The van der Waals surface area contributed by atoms with E-state index in [0.29, 0.717) is 0 Å². The summed E-state index contributed by atoms with van der Waals surface area (Å²) < 4.78 is 5.26. The normalized spacial score (nSPS) is 11.2. The lowest BCUT2D eigenvalue weighted by Gasteiger charge is -2.26. The highest BCUT2D eigenvalue weighted by molar-refractivity contribution is 8.01. The molecule has 0 saturated carbocycles. The van der Waals surface area contributed by atoms with E-state index in [0.717, 1.165) is 4.90 Å². The SMILES string of the molecule is CC(C)(C)OC(=O)N([CH]Sc1ccncc1)CCO. The van der Waals surface area contributed by atoms with E-state index < -0.39 is 11.7 Å². The lowest BCUT2D eigenvalue weighted by molar-refractivity contribution is 0.0297. The first-order chi connectivity index (χ1) is 8.92. The first kappa shape index (κ1) is 15.8. The molecule has 0 aliphatic heterocycles. The molecule has 1 radical (unpaired) electrons. The summed E-state index contributed by atoms with van der Waals surface area (Å²) in [5, 5.41) is 8.99. The van der Waals surface area contributed by atoms with Crippen LogP contribution in [0.15, 0.2) is 29.4 Å². The summed E-state index contributed by atoms with van der Waals surface area (Å²) in [4.78, 5) is 18.1. The number of rotatable bonds is 5. The van der Waals surface area contributed by atoms with Crippen molar-refractivity contribution in [3.63, 3.8) is 0 Å². The van der Waals surface area contributed by atoms with Crippen LogP contribution in [0.25, 0.3) is 0 Å². The Labute approximate surface area is 118 Å². The highest BCUT2D eigenvalue weighted by Gasteiger charge is 2.22. The zero-order chi connectivity index (χ0) is 14.3. The summed E-state index contributed by atoms with van der Waals surface area (Å²) in [7, 11) is 0.